The molecule has 1 heterocycles. The molecule has 6 heteroatoms. The third kappa shape index (κ3) is 5.85. The standard InChI is InChI=1S/C13H18N2O4/c1-9(15-12(17)19-13(2,3)4)11(16)18-10-6-5-7-14-8-10/h5-9H,1-4H3,(H,15,17)/t9-/m0/s1. The van der Waals surface area contributed by atoms with Gasteiger partial charge in [0, 0.05) is 6.20 Å². The van der Waals surface area contributed by atoms with Crippen LogP contribution in [0.1, 0.15) is 27.7 Å². The lowest BCUT2D eigenvalue weighted by Crippen LogP contribution is -2.43. The van der Waals surface area contributed by atoms with Crippen LogP contribution in [0.5, 0.6) is 5.75 Å². The van der Waals surface area contributed by atoms with Crippen molar-refractivity contribution in [2.45, 2.75) is 39.3 Å². The summed E-state index contributed by atoms with van der Waals surface area (Å²) < 4.78 is 10.1. The smallest absolute Gasteiger partial charge is 0.408 e. The predicted molar refractivity (Wildman–Crippen MR) is 68.7 cm³/mol. The number of ether oxygens (including phenoxy) is 2. The molecule has 1 amide bonds. The quantitative estimate of drug-likeness (QED) is 0.845. The molecule has 0 unspecified atom stereocenters. The van der Waals surface area contributed by atoms with E-state index in [2.05, 4.69) is 10.3 Å². The van der Waals surface area contributed by atoms with Crippen LogP contribution < -0.4 is 10.1 Å². The van der Waals surface area contributed by atoms with Gasteiger partial charge in [0.15, 0.2) is 0 Å². The number of nitrogens with zero attached hydrogens (tertiary/aromatic N) is 1. The van der Waals surface area contributed by atoms with Crippen LogP contribution in [-0.4, -0.2) is 28.7 Å². The summed E-state index contributed by atoms with van der Waals surface area (Å²) in [7, 11) is 0. The highest BCUT2D eigenvalue weighted by atomic mass is 16.6. The van der Waals surface area contributed by atoms with E-state index < -0.39 is 23.7 Å². The minimum Gasteiger partial charge on any atom is -0.444 e. The molecule has 0 radical (unpaired) electrons. The Balaban J connectivity index is 2.47. The first-order valence-corrected chi connectivity index (χ1v) is 5.89. The second-order valence-electron chi connectivity index (χ2n) is 4.98. The van der Waals surface area contributed by atoms with E-state index in [1.54, 1.807) is 39.1 Å². The molecule has 1 aromatic rings. The Morgan fingerprint density at radius 1 is 1.37 bits per heavy atom. The molecule has 1 rings (SSSR count). The zero-order valence-electron chi connectivity index (χ0n) is 11.5. The minimum absolute atomic E-state index is 0.324. The zero-order valence-corrected chi connectivity index (χ0v) is 11.5. The monoisotopic (exact) mass is 266 g/mol. The fourth-order valence-electron chi connectivity index (χ4n) is 1.16. The van der Waals surface area contributed by atoms with Gasteiger partial charge in [0.25, 0.3) is 0 Å². The van der Waals surface area contributed by atoms with Gasteiger partial charge < -0.3 is 14.8 Å². The number of carbonyl (C=O) groups excluding carboxylic acids is 2. The van der Waals surface area contributed by atoms with E-state index in [1.165, 1.54) is 13.1 Å². The number of aromatic nitrogens is 1. The van der Waals surface area contributed by atoms with Gasteiger partial charge in [0.2, 0.25) is 0 Å². The summed E-state index contributed by atoms with van der Waals surface area (Å²) >= 11 is 0. The number of amides is 1. The number of hydrogen-bond acceptors (Lipinski definition) is 5. The highest BCUT2D eigenvalue weighted by Crippen LogP contribution is 2.09. The van der Waals surface area contributed by atoms with Crippen molar-refractivity contribution in [2.75, 3.05) is 0 Å². The van der Waals surface area contributed by atoms with E-state index in [-0.39, 0.29) is 0 Å². The van der Waals surface area contributed by atoms with E-state index in [4.69, 9.17) is 9.47 Å². The number of hydrogen-bond donors (Lipinski definition) is 1. The maximum absolute atomic E-state index is 11.7. The van der Waals surface area contributed by atoms with E-state index >= 15 is 0 Å². The van der Waals surface area contributed by atoms with Crippen molar-refractivity contribution in [1.82, 2.24) is 10.3 Å². The fourth-order valence-corrected chi connectivity index (χ4v) is 1.16. The molecule has 0 fully saturated rings. The number of carbonyl (C=O) groups is 2. The largest absolute Gasteiger partial charge is 0.444 e. The molecular weight excluding hydrogens is 248 g/mol. The van der Waals surface area contributed by atoms with Crippen molar-refractivity contribution in [3.05, 3.63) is 24.5 Å². The van der Waals surface area contributed by atoms with Gasteiger partial charge in [-0.3, -0.25) is 4.98 Å². The van der Waals surface area contributed by atoms with Crippen molar-refractivity contribution in [3.8, 4) is 5.75 Å². The molecule has 1 atom stereocenters. The number of pyridine rings is 1. The number of nitrogens with one attached hydrogen (secondary N) is 1. The van der Waals surface area contributed by atoms with Gasteiger partial charge in [0.05, 0.1) is 6.20 Å². The molecule has 1 N–H and O–H groups in total. The summed E-state index contributed by atoms with van der Waals surface area (Å²) in [4.78, 5) is 27.0. The van der Waals surface area contributed by atoms with Crippen LogP contribution in [0.15, 0.2) is 24.5 Å². The normalized spacial score (nSPS) is 12.4. The number of esters is 1. The maximum atomic E-state index is 11.7. The zero-order chi connectivity index (χ0) is 14.5. The van der Waals surface area contributed by atoms with Crippen molar-refractivity contribution in [1.29, 1.82) is 0 Å². The molecule has 0 aliphatic carbocycles. The fraction of sp³-hybridized carbons (Fsp3) is 0.462. The van der Waals surface area contributed by atoms with Gasteiger partial charge in [-0.15, -0.1) is 0 Å². The van der Waals surface area contributed by atoms with Crippen molar-refractivity contribution in [2.24, 2.45) is 0 Å². The third-order valence-electron chi connectivity index (χ3n) is 1.94. The Labute approximate surface area is 112 Å². The maximum Gasteiger partial charge on any atom is 0.408 e. The molecule has 0 saturated heterocycles. The summed E-state index contributed by atoms with van der Waals surface area (Å²) in [6.07, 6.45) is 2.32. The molecule has 0 bridgehead atoms. The number of rotatable bonds is 3. The van der Waals surface area contributed by atoms with Gasteiger partial charge in [-0.2, -0.15) is 0 Å². The Bertz CT molecular complexity index is 440. The van der Waals surface area contributed by atoms with Gasteiger partial charge in [-0.25, -0.2) is 9.59 Å². The van der Waals surface area contributed by atoms with Gasteiger partial charge in [0.1, 0.15) is 17.4 Å². The van der Waals surface area contributed by atoms with Crippen LogP contribution in [0.25, 0.3) is 0 Å². The van der Waals surface area contributed by atoms with Gasteiger partial charge in [-0.1, -0.05) is 0 Å². The molecule has 104 valence electrons. The Morgan fingerprint density at radius 2 is 2.05 bits per heavy atom. The highest BCUT2D eigenvalue weighted by Gasteiger charge is 2.22. The Kier molecular flexibility index (Phi) is 4.86. The number of alkyl carbamates (subject to hydrolysis) is 1. The molecular formula is C13H18N2O4. The lowest BCUT2D eigenvalue weighted by molar-refractivity contribution is -0.136. The molecule has 19 heavy (non-hydrogen) atoms. The van der Waals surface area contributed by atoms with Gasteiger partial charge in [-0.05, 0) is 39.8 Å². The summed E-state index contributed by atoms with van der Waals surface area (Å²) in [6, 6.07) is 2.44. The van der Waals surface area contributed by atoms with Crippen LogP contribution in [0.4, 0.5) is 4.79 Å². The second kappa shape index (κ2) is 6.17. The van der Waals surface area contributed by atoms with E-state index in [0.29, 0.717) is 5.75 Å². The molecule has 0 spiro atoms. The molecule has 0 aromatic carbocycles. The second-order valence-corrected chi connectivity index (χ2v) is 4.98. The predicted octanol–water partition coefficient (Wildman–Crippen LogP) is 1.90. The molecule has 0 aliphatic heterocycles. The third-order valence-corrected chi connectivity index (χ3v) is 1.94. The first-order chi connectivity index (χ1) is 8.78. The Hall–Kier alpha value is -2.11. The summed E-state index contributed by atoms with van der Waals surface area (Å²) in [5, 5.41) is 2.40. The van der Waals surface area contributed by atoms with E-state index in [0.717, 1.165) is 0 Å². The van der Waals surface area contributed by atoms with Crippen molar-refractivity contribution >= 4 is 12.1 Å². The minimum atomic E-state index is -0.810. The topological polar surface area (TPSA) is 77.5 Å². The highest BCUT2D eigenvalue weighted by molar-refractivity contribution is 5.82. The summed E-state index contributed by atoms with van der Waals surface area (Å²) in [5.74, 6) is -0.260. The summed E-state index contributed by atoms with van der Waals surface area (Å²) in [5.41, 5.74) is -0.614. The van der Waals surface area contributed by atoms with Crippen molar-refractivity contribution < 1.29 is 19.1 Å². The van der Waals surface area contributed by atoms with Crippen molar-refractivity contribution in [3.63, 3.8) is 0 Å². The van der Waals surface area contributed by atoms with Crippen LogP contribution >= 0.6 is 0 Å². The first kappa shape index (κ1) is 14.9. The molecule has 1 aromatic heterocycles. The van der Waals surface area contributed by atoms with E-state index in [1.807, 2.05) is 0 Å². The van der Waals surface area contributed by atoms with Crippen LogP contribution in [0, 0.1) is 0 Å². The molecule has 0 aliphatic rings. The van der Waals surface area contributed by atoms with E-state index in [9.17, 15) is 9.59 Å². The lowest BCUT2D eigenvalue weighted by Gasteiger charge is -2.21. The van der Waals surface area contributed by atoms with Crippen LogP contribution in [0.2, 0.25) is 0 Å². The van der Waals surface area contributed by atoms with Crippen LogP contribution in [0.3, 0.4) is 0 Å². The lowest BCUT2D eigenvalue weighted by atomic mass is 10.2. The SMILES string of the molecule is C[C@H](NC(=O)OC(C)(C)C)C(=O)Oc1cccnc1. The Morgan fingerprint density at radius 3 is 2.58 bits per heavy atom. The average molecular weight is 266 g/mol. The average Bonchev–Trinajstić information content (AvgIpc) is 2.27. The first-order valence-electron chi connectivity index (χ1n) is 5.89. The molecule has 0 saturated carbocycles. The summed E-state index contributed by atoms with van der Waals surface area (Å²) in [6.45, 7) is 6.74. The van der Waals surface area contributed by atoms with Crippen LogP contribution in [-0.2, 0) is 9.53 Å². The molecule has 6 nitrogen and oxygen atoms in total. The van der Waals surface area contributed by atoms with Gasteiger partial charge >= 0.3 is 12.1 Å².